The maximum absolute atomic E-state index is 12.7. The van der Waals surface area contributed by atoms with Crippen molar-refractivity contribution in [2.24, 2.45) is 0 Å². The summed E-state index contributed by atoms with van der Waals surface area (Å²) in [7, 11) is -3.97. The van der Waals surface area contributed by atoms with Gasteiger partial charge in [-0.3, -0.25) is 9.52 Å². The predicted molar refractivity (Wildman–Crippen MR) is 136 cm³/mol. The van der Waals surface area contributed by atoms with Crippen molar-refractivity contribution in [1.29, 1.82) is 0 Å². The lowest BCUT2D eigenvalue weighted by atomic mass is 10.2. The van der Waals surface area contributed by atoms with Crippen LogP contribution in [0.25, 0.3) is 11.0 Å². The van der Waals surface area contributed by atoms with Gasteiger partial charge in [-0.05, 0) is 61.5 Å². The number of sulfonamides is 1. The molecule has 0 aliphatic carbocycles. The molecule has 4 rings (SSSR count). The summed E-state index contributed by atoms with van der Waals surface area (Å²) < 4.78 is 33.0. The van der Waals surface area contributed by atoms with Gasteiger partial charge in [-0.25, -0.2) is 18.0 Å². The summed E-state index contributed by atoms with van der Waals surface area (Å²) in [6.45, 7) is 1.39. The number of fused-ring (bicyclic) bond motifs is 1. The average molecular weight is 549 g/mol. The molecule has 0 saturated carbocycles. The molecule has 0 spiro atoms. The zero-order valence-electron chi connectivity index (χ0n) is 18.5. The third-order valence-corrected chi connectivity index (χ3v) is 7.23. The average Bonchev–Trinajstić information content (AvgIpc) is 3.21. The molecule has 1 atom stereocenters. The Morgan fingerprint density at radius 2 is 1.67 bits per heavy atom. The van der Waals surface area contributed by atoms with Gasteiger partial charge >= 0.3 is 11.7 Å². The molecule has 10 nitrogen and oxygen atoms in total. The highest BCUT2D eigenvalue weighted by molar-refractivity contribution is 7.92. The van der Waals surface area contributed by atoms with E-state index in [1.165, 1.54) is 49.4 Å². The highest BCUT2D eigenvalue weighted by Crippen LogP contribution is 2.29. The normalized spacial score (nSPS) is 12.2. The van der Waals surface area contributed by atoms with Crippen LogP contribution in [0.15, 0.2) is 70.4 Å². The first kappa shape index (κ1) is 25.3. The molecule has 0 fully saturated rings. The largest absolute Gasteiger partial charge is 0.449 e. The van der Waals surface area contributed by atoms with Crippen LogP contribution < -0.4 is 15.7 Å². The Kier molecular flexibility index (Phi) is 7.07. The van der Waals surface area contributed by atoms with E-state index in [1.807, 2.05) is 0 Å². The number of carbonyl (C=O) groups excluding carboxylic acids is 2. The molecule has 1 aromatic heterocycles. The van der Waals surface area contributed by atoms with Crippen LogP contribution in [-0.4, -0.2) is 36.4 Å². The third-order valence-electron chi connectivity index (χ3n) is 5.03. The topological polar surface area (TPSA) is 150 Å². The first-order chi connectivity index (χ1) is 17.0. The molecule has 0 aliphatic heterocycles. The fourth-order valence-corrected chi connectivity index (χ4v) is 4.62. The number of amides is 1. The Morgan fingerprint density at radius 3 is 2.39 bits per heavy atom. The first-order valence-corrected chi connectivity index (χ1v) is 12.6. The number of hydrogen-bond acceptors (Lipinski definition) is 6. The standard InChI is InChI=1S/C23H18Cl2N4O6S/c1-12(21(30)26-18-4-2-3-16(24)20(18)25)35-22(31)13-5-7-14(8-6-13)29-36(33,34)15-9-10-17-19(11-15)28-23(32)27-17/h2-12,29H,1H3,(H,26,30)(H2,27,28,32)/t12-/m1/s1. The number of hydrogen-bond donors (Lipinski definition) is 4. The minimum absolute atomic E-state index is 0.0617. The number of halogens is 2. The van der Waals surface area contributed by atoms with Gasteiger partial charge in [0.05, 0.1) is 37.2 Å². The molecule has 0 aliphatic rings. The van der Waals surface area contributed by atoms with Crippen molar-refractivity contribution < 1.29 is 22.7 Å². The van der Waals surface area contributed by atoms with Crippen LogP contribution >= 0.6 is 23.2 Å². The highest BCUT2D eigenvalue weighted by atomic mass is 35.5. The van der Waals surface area contributed by atoms with E-state index in [1.54, 1.807) is 18.2 Å². The summed E-state index contributed by atoms with van der Waals surface area (Å²) in [5.41, 5.74) is 0.934. The van der Waals surface area contributed by atoms with E-state index in [-0.39, 0.29) is 31.9 Å². The lowest BCUT2D eigenvalue weighted by Crippen LogP contribution is -2.30. The van der Waals surface area contributed by atoms with E-state index >= 15 is 0 Å². The minimum atomic E-state index is -3.97. The summed E-state index contributed by atoms with van der Waals surface area (Å²) in [4.78, 5) is 41.2. The summed E-state index contributed by atoms with van der Waals surface area (Å²) in [6.07, 6.45) is -1.15. The van der Waals surface area contributed by atoms with Crippen molar-refractivity contribution in [3.63, 3.8) is 0 Å². The van der Waals surface area contributed by atoms with Crippen molar-refractivity contribution in [2.45, 2.75) is 17.9 Å². The van der Waals surface area contributed by atoms with Gasteiger partial charge in [0, 0.05) is 5.69 Å². The highest BCUT2D eigenvalue weighted by Gasteiger charge is 2.21. The number of imidazole rings is 1. The maximum atomic E-state index is 12.7. The molecule has 0 unspecified atom stereocenters. The monoisotopic (exact) mass is 548 g/mol. The van der Waals surface area contributed by atoms with Crippen LogP contribution in [0.2, 0.25) is 10.0 Å². The lowest BCUT2D eigenvalue weighted by molar-refractivity contribution is -0.123. The Hall–Kier alpha value is -3.80. The van der Waals surface area contributed by atoms with E-state index < -0.39 is 33.7 Å². The van der Waals surface area contributed by atoms with Crippen molar-refractivity contribution in [2.75, 3.05) is 10.0 Å². The van der Waals surface area contributed by atoms with Gasteiger partial charge in [0.2, 0.25) is 0 Å². The quantitative estimate of drug-likeness (QED) is 0.255. The number of rotatable bonds is 7. The van der Waals surface area contributed by atoms with Gasteiger partial charge in [0.25, 0.3) is 15.9 Å². The summed E-state index contributed by atoms with van der Waals surface area (Å²) in [6, 6.07) is 14.3. The number of aromatic nitrogens is 2. The first-order valence-electron chi connectivity index (χ1n) is 10.3. The number of anilines is 2. The summed E-state index contributed by atoms with van der Waals surface area (Å²) in [5.74, 6) is -1.40. The second-order valence-corrected chi connectivity index (χ2v) is 10.1. The SMILES string of the molecule is C[C@@H](OC(=O)c1ccc(NS(=O)(=O)c2ccc3[nH]c(=O)[nH]c3c2)cc1)C(=O)Nc1cccc(Cl)c1Cl. The number of H-pyrrole nitrogens is 2. The van der Waals surface area contributed by atoms with Crippen LogP contribution in [0.3, 0.4) is 0 Å². The van der Waals surface area contributed by atoms with Gasteiger partial charge in [0.15, 0.2) is 6.10 Å². The van der Waals surface area contributed by atoms with Gasteiger partial charge in [-0.15, -0.1) is 0 Å². The second-order valence-electron chi connectivity index (χ2n) is 7.61. The molecule has 1 heterocycles. The third kappa shape index (κ3) is 5.54. The molecule has 1 amide bonds. The number of esters is 1. The van der Waals surface area contributed by atoms with Crippen LogP contribution in [0.5, 0.6) is 0 Å². The zero-order valence-corrected chi connectivity index (χ0v) is 20.8. The van der Waals surface area contributed by atoms with E-state index in [2.05, 4.69) is 20.0 Å². The Labute approximate surface area is 214 Å². The van der Waals surface area contributed by atoms with Crippen molar-refractivity contribution in [3.8, 4) is 0 Å². The lowest BCUT2D eigenvalue weighted by Gasteiger charge is -2.15. The molecule has 4 N–H and O–H groups in total. The van der Waals surface area contributed by atoms with Crippen LogP contribution in [0, 0.1) is 0 Å². The van der Waals surface area contributed by atoms with E-state index in [0.717, 1.165) is 0 Å². The maximum Gasteiger partial charge on any atom is 0.338 e. The fraction of sp³-hybridized carbons (Fsp3) is 0.0870. The summed E-state index contributed by atoms with van der Waals surface area (Å²) >= 11 is 12.0. The minimum Gasteiger partial charge on any atom is -0.449 e. The summed E-state index contributed by atoms with van der Waals surface area (Å²) in [5, 5.41) is 2.96. The van der Waals surface area contributed by atoms with Gasteiger partial charge in [-0.1, -0.05) is 29.3 Å². The zero-order chi connectivity index (χ0) is 26.0. The number of aromatic amines is 2. The molecule has 0 saturated heterocycles. The fourth-order valence-electron chi connectivity index (χ4n) is 3.18. The van der Waals surface area contributed by atoms with E-state index in [9.17, 15) is 22.8 Å². The molecule has 36 heavy (non-hydrogen) atoms. The Bertz CT molecular complexity index is 1630. The van der Waals surface area contributed by atoms with Crippen molar-refractivity contribution in [1.82, 2.24) is 9.97 Å². The molecule has 13 heteroatoms. The Balaban J connectivity index is 1.40. The molecule has 0 bridgehead atoms. The molecular weight excluding hydrogens is 531 g/mol. The van der Waals surface area contributed by atoms with E-state index in [4.69, 9.17) is 27.9 Å². The van der Waals surface area contributed by atoms with Crippen molar-refractivity contribution in [3.05, 3.63) is 86.8 Å². The molecule has 0 radical (unpaired) electrons. The predicted octanol–water partition coefficient (Wildman–Crippen LogP) is 4.15. The van der Waals surface area contributed by atoms with Crippen LogP contribution in [-0.2, 0) is 19.6 Å². The number of ether oxygens (including phenoxy) is 1. The number of carbonyl (C=O) groups is 2. The van der Waals surface area contributed by atoms with Gasteiger partial charge < -0.3 is 20.0 Å². The molecule has 3 aromatic carbocycles. The molecule has 186 valence electrons. The molecule has 4 aromatic rings. The van der Waals surface area contributed by atoms with E-state index in [0.29, 0.717) is 11.0 Å². The Morgan fingerprint density at radius 1 is 0.972 bits per heavy atom. The number of benzene rings is 3. The van der Waals surface area contributed by atoms with Crippen LogP contribution in [0.1, 0.15) is 17.3 Å². The second kappa shape index (κ2) is 10.1. The van der Waals surface area contributed by atoms with Gasteiger partial charge in [0.1, 0.15) is 0 Å². The number of nitrogens with one attached hydrogen (secondary N) is 4. The van der Waals surface area contributed by atoms with Crippen LogP contribution in [0.4, 0.5) is 11.4 Å². The van der Waals surface area contributed by atoms with Gasteiger partial charge in [-0.2, -0.15) is 0 Å². The van der Waals surface area contributed by atoms with Crippen molar-refractivity contribution >= 4 is 67.5 Å². The molecular formula is C23H18Cl2N4O6S. The smallest absolute Gasteiger partial charge is 0.338 e.